The van der Waals surface area contributed by atoms with E-state index in [9.17, 15) is 13.2 Å². The predicted octanol–water partition coefficient (Wildman–Crippen LogP) is 1.48. The Bertz CT molecular complexity index is 832. The second kappa shape index (κ2) is 9.42. The van der Waals surface area contributed by atoms with Crippen molar-refractivity contribution in [3.8, 4) is 0 Å². The number of carbonyl (C=O) groups is 1. The minimum Gasteiger partial charge on any atom is -0.382 e. The molecule has 2 aromatic rings. The van der Waals surface area contributed by atoms with Crippen molar-refractivity contribution >= 4 is 39.0 Å². The number of nitrogens with one attached hydrogen (secondary N) is 1. The lowest BCUT2D eigenvalue weighted by molar-refractivity contribution is -0.114. The van der Waals surface area contributed by atoms with Gasteiger partial charge in [0.1, 0.15) is 11.5 Å². The van der Waals surface area contributed by atoms with Crippen molar-refractivity contribution in [1.82, 2.24) is 4.98 Å². The van der Waals surface area contributed by atoms with Gasteiger partial charge in [0.2, 0.25) is 5.91 Å². The van der Waals surface area contributed by atoms with Crippen LogP contribution in [0.2, 0.25) is 0 Å². The first-order valence-corrected chi connectivity index (χ1v) is 8.69. The number of nitrogens with zero attached hydrogens (tertiary/aromatic N) is 3. The summed E-state index contributed by atoms with van der Waals surface area (Å²) in [7, 11) is -3.67. The van der Waals surface area contributed by atoms with Crippen LogP contribution in [0.25, 0.3) is 0 Å². The molecule has 0 radical (unpaired) electrons. The van der Waals surface area contributed by atoms with Crippen molar-refractivity contribution in [2.45, 2.75) is 0 Å². The Kier molecular flexibility index (Phi) is 7.59. The van der Waals surface area contributed by atoms with Crippen LogP contribution >= 0.6 is 0 Å². The number of anilines is 2. The van der Waals surface area contributed by atoms with Gasteiger partial charge in [-0.3, -0.25) is 9.35 Å². The molecule has 0 spiro atoms. The quantitative estimate of drug-likeness (QED) is 0.468. The molecule has 0 unspecified atom stereocenters. The number of aromatic nitrogens is 1. The average Bonchev–Trinajstić information content (AvgIpc) is 2.53. The standard InChI is InChI=1S/C13H14N6O.CH4O3S/c14-8-12(20)16-11-7-6-10(13(15)17-11)19-18-9-4-2-1-3-5-9;1-5(2,3)4/h1-7H,8,14H2,(H3,15,16,17,20);1H3,(H,2,3,4). The van der Waals surface area contributed by atoms with Crippen molar-refractivity contribution < 1.29 is 17.8 Å². The van der Waals surface area contributed by atoms with Gasteiger partial charge in [-0.1, -0.05) is 18.2 Å². The monoisotopic (exact) mass is 366 g/mol. The number of benzene rings is 1. The zero-order valence-electron chi connectivity index (χ0n) is 13.3. The number of nitrogen functional groups attached to an aromatic ring is 1. The number of pyridine rings is 1. The normalized spacial score (nSPS) is 10.8. The summed E-state index contributed by atoms with van der Waals surface area (Å²) in [4.78, 5) is 15.1. The van der Waals surface area contributed by atoms with Gasteiger partial charge in [0.15, 0.2) is 5.82 Å². The zero-order chi connectivity index (χ0) is 18.9. The van der Waals surface area contributed by atoms with Crippen LogP contribution in [-0.4, -0.2) is 36.7 Å². The Morgan fingerprint density at radius 2 is 1.80 bits per heavy atom. The van der Waals surface area contributed by atoms with Gasteiger partial charge >= 0.3 is 0 Å². The molecule has 0 saturated heterocycles. The van der Waals surface area contributed by atoms with E-state index >= 15 is 0 Å². The molecule has 0 saturated carbocycles. The van der Waals surface area contributed by atoms with E-state index in [1.807, 2.05) is 30.3 Å². The minimum atomic E-state index is -3.67. The van der Waals surface area contributed by atoms with Crippen molar-refractivity contribution in [3.63, 3.8) is 0 Å². The molecule has 0 atom stereocenters. The number of rotatable bonds is 4. The predicted molar refractivity (Wildman–Crippen MR) is 94.4 cm³/mol. The van der Waals surface area contributed by atoms with Crippen LogP contribution in [0.5, 0.6) is 0 Å². The van der Waals surface area contributed by atoms with E-state index in [1.54, 1.807) is 12.1 Å². The molecule has 10 nitrogen and oxygen atoms in total. The molecule has 0 aliphatic carbocycles. The zero-order valence-corrected chi connectivity index (χ0v) is 14.1. The third-order valence-electron chi connectivity index (χ3n) is 2.38. The molecule has 134 valence electrons. The van der Waals surface area contributed by atoms with E-state index < -0.39 is 10.1 Å². The van der Waals surface area contributed by atoms with E-state index in [0.717, 1.165) is 0 Å². The van der Waals surface area contributed by atoms with E-state index in [1.165, 1.54) is 0 Å². The van der Waals surface area contributed by atoms with E-state index in [2.05, 4.69) is 20.5 Å². The van der Waals surface area contributed by atoms with Crippen molar-refractivity contribution in [2.24, 2.45) is 16.0 Å². The lowest BCUT2D eigenvalue weighted by atomic mass is 10.3. The van der Waals surface area contributed by atoms with Crippen molar-refractivity contribution in [2.75, 3.05) is 23.9 Å². The molecule has 1 amide bonds. The highest BCUT2D eigenvalue weighted by molar-refractivity contribution is 7.85. The van der Waals surface area contributed by atoms with Gasteiger partial charge in [0.25, 0.3) is 10.1 Å². The van der Waals surface area contributed by atoms with E-state index in [4.69, 9.17) is 16.0 Å². The maximum atomic E-state index is 11.1. The number of nitrogens with two attached hydrogens (primary N) is 2. The SMILES string of the molecule is CS(=O)(=O)O.NCC(=O)Nc1ccc(N=Nc2ccccc2)c(N)n1. The summed E-state index contributed by atoms with van der Waals surface area (Å²) in [5.74, 6) is 0.173. The third kappa shape index (κ3) is 9.10. The lowest BCUT2D eigenvalue weighted by Crippen LogP contribution is -2.22. The molecular weight excluding hydrogens is 348 g/mol. The first kappa shape index (κ1) is 20.2. The van der Waals surface area contributed by atoms with Crippen LogP contribution in [0.3, 0.4) is 0 Å². The summed E-state index contributed by atoms with van der Waals surface area (Å²) >= 11 is 0. The Labute approximate surface area is 144 Å². The van der Waals surface area contributed by atoms with Gasteiger partial charge in [-0.2, -0.15) is 13.5 Å². The van der Waals surface area contributed by atoms with E-state index in [0.29, 0.717) is 23.4 Å². The fourth-order valence-electron chi connectivity index (χ4n) is 1.42. The van der Waals surface area contributed by atoms with Crippen LogP contribution in [0.15, 0.2) is 52.7 Å². The number of hydrogen-bond acceptors (Lipinski definition) is 8. The van der Waals surface area contributed by atoms with Gasteiger partial charge in [0, 0.05) is 0 Å². The molecule has 2 rings (SSSR count). The maximum Gasteiger partial charge on any atom is 0.261 e. The Balaban J connectivity index is 0.000000550. The largest absolute Gasteiger partial charge is 0.382 e. The summed E-state index contributed by atoms with van der Waals surface area (Å²) < 4.78 is 25.9. The fraction of sp³-hybridized carbons (Fsp3) is 0.143. The Hall–Kier alpha value is -2.89. The molecule has 0 aliphatic rings. The topological polar surface area (TPSA) is 173 Å². The van der Waals surface area contributed by atoms with Crippen LogP contribution < -0.4 is 16.8 Å². The molecular formula is C14H18N6O4S. The lowest BCUT2D eigenvalue weighted by Gasteiger charge is -2.04. The number of amides is 1. The molecule has 0 fully saturated rings. The summed E-state index contributed by atoms with van der Waals surface area (Å²) in [5, 5.41) is 10.6. The Morgan fingerprint density at radius 3 is 2.32 bits per heavy atom. The molecule has 0 bridgehead atoms. The summed E-state index contributed by atoms with van der Waals surface area (Å²) in [5.41, 5.74) is 12.1. The molecule has 1 aromatic carbocycles. The van der Waals surface area contributed by atoms with E-state index in [-0.39, 0.29) is 18.3 Å². The van der Waals surface area contributed by atoms with Crippen LogP contribution in [0.4, 0.5) is 23.0 Å². The molecule has 6 N–H and O–H groups in total. The third-order valence-corrected chi connectivity index (χ3v) is 2.38. The van der Waals surface area contributed by atoms with Crippen LogP contribution in [0, 0.1) is 0 Å². The second-order valence-corrected chi connectivity index (χ2v) is 6.09. The second-order valence-electron chi connectivity index (χ2n) is 4.62. The fourth-order valence-corrected chi connectivity index (χ4v) is 1.42. The number of hydrogen-bond donors (Lipinski definition) is 4. The summed E-state index contributed by atoms with van der Waals surface area (Å²) in [6.45, 7) is -0.114. The first-order valence-electron chi connectivity index (χ1n) is 6.84. The van der Waals surface area contributed by atoms with Gasteiger partial charge in [0.05, 0.1) is 18.5 Å². The van der Waals surface area contributed by atoms with Crippen molar-refractivity contribution in [3.05, 3.63) is 42.5 Å². The molecule has 11 heteroatoms. The first-order chi connectivity index (χ1) is 11.7. The molecule has 1 aromatic heterocycles. The van der Waals surface area contributed by atoms with Crippen LogP contribution in [-0.2, 0) is 14.9 Å². The highest BCUT2D eigenvalue weighted by Crippen LogP contribution is 2.24. The molecule has 25 heavy (non-hydrogen) atoms. The van der Waals surface area contributed by atoms with Crippen molar-refractivity contribution in [1.29, 1.82) is 0 Å². The molecule has 1 heterocycles. The van der Waals surface area contributed by atoms with Gasteiger partial charge in [-0.15, -0.1) is 5.11 Å². The molecule has 0 aliphatic heterocycles. The minimum absolute atomic E-state index is 0.114. The highest BCUT2D eigenvalue weighted by atomic mass is 32.2. The van der Waals surface area contributed by atoms with Gasteiger partial charge in [-0.05, 0) is 24.3 Å². The smallest absolute Gasteiger partial charge is 0.261 e. The highest BCUT2D eigenvalue weighted by Gasteiger charge is 2.04. The number of carbonyl (C=O) groups excluding carboxylic acids is 1. The van der Waals surface area contributed by atoms with Gasteiger partial charge in [-0.25, -0.2) is 4.98 Å². The average molecular weight is 366 g/mol. The van der Waals surface area contributed by atoms with Crippen LogP contribution in [0.1, 0.15) is 0 Å². The Morgan fingerprint density at radius 1 is 1.20 bits per heavy atom. The van der Waals surface area contributed by atoms with Gasteiger partial charge < -0.3 is 16.8 Å². The number of azo groups is 1. The summed E-state index contributed by atoms with van der Waals surface area (Å²) in [6.07, 6.45) is 0.715. The summed E-state index contributed by atoms with van der Waals surface area (Å²) in [6, 6.07) is 12.5. The maximum absolute atomic E-state index is 11.1.